The smallest absolute Gasteiger partial charge is 0.338 e. The SMILES string of the molecule is O=C(OCc1nc(-c2cccs2)no1)c1cccc(O)c1. The van der Waals surface area contributed by atoms with Gasteiger partial charge in [-0.3, -0.25) is 0 Å². The number of hydrogen-bond donors (Lipinski definition) is 1. The lowest BCUT2D eigenvalue weighted by Gasteiger charge is -2.01. The highest BCUT2D eigenvalue weighted by Gasteiger charge is 2.13. The van der Waals surface area contributed by atoms with E-state index in [2.05, 4.69) is 10.1 Å². The molecule has 0 saturated heterocycles. The van der Waals surface area contributed by atoms with Crippen molar-refractivity contribution in [1.29, 1.82) is 0 Å². The maximum Gasteiger partial charge on any atom is 0.338 e. The van der Waals surface area contributed by atoms with Crippen LogP contribution in [0.4, 0.5) is 0 Å². The third-order valence-corrected chi connectivity index (χ3v) is 3.48. The summed E-state index contributed by atoms with van der Waals surface area (Å²) < 4.78 is 10.1. The standard InChI is InChI=1S/C14H10N2O4S/c17-10-4-1-3-9(7-10)14(18)19-8-12-15-13(16-20-12)11-5-2-6-21-11/h1-7,17H,8H2. The molecule has 2 heterocycles. The number of aromatic nitrogens is 2. The third kappa shape index (κ3) is 3.09. The Labute approximate surface area is 123 Å². The summed E-state index contributed by atoms with van der Waals surface area (Å²) in [5.74, 6) is 0.115. The summed E-state index contributed by atoms with van der Waals surface area (Å²) in [5, 5.41) is 15.0. The number of hydrogen-bond acceptors (Lipinski definition) is 7. The van der Waals surface area contributed by atoms with Crippen molar-refractivity contribution < 1.29 is 19.2 Å². The molecule has 106 valence electrons. The molecule has 0 radical (unpaired) electrons. The predicted octanol–water partition coefficient (Wildman–Crippen LogP) is 2.86. The second-order valence-electron chi connectivity index (χ2n) is 4.12. The lowest BCUT2D eigenvalue weighted by atomic mass is 10.2. The van der Waals surface area contributed by atoms with Crippen LogP contribution in [0.2, 0.25) is 0 Å². The predicted molar refractivity (Wildman–Crippen MR) is 74.8 cm³/mol. The van der Waals surface area contributed by atoms with Gasteiger partial charge in [0, 0.05) is 0 Å². The van der Waals surface area contributed by atoms with E-state index in [1.165, 1.54) is 23.5 Å². The summed E-state index contributed by atoms with van der Waals surface area (Å²) >= 11 is 1.49. The Morgan fingerprint density at radius 2 is 2.24 bits per heavy atom. The minimum Gasteiger partial charge on any atom is -0.508 e. The molecular weight excluding hydrogens is 292 g/mol. The van der Waals surface area contributed by atoms with Crippen molar-refractivity contribution in [1.82, 2.24) is 10.1 Å². The van der Waals surface area contributed by atoms with Crippen LogP contribution in [0.15, 0.2) is 46.3 Å². The topological polar surface area (TPSA) is 85.5 Å². The van der Waals surface area contributed by atoms with Crippen LogP contribution in [0, 0.1) is 0 Å². The van der Waals surface area contributed by atoms with Gasteiger partial charge in [0.25, 0.3) is 5.89 Å². The van der Waals surface area contributed by atoms with Gasteiger partial charge in [-0.05, 0) is 29.6 Å². The Morgan fingerprint density at radius 1 is 1.33 bits per heavy atom. The molecule has 0 fully saturated rings. The van der Waals surface area contributed by atoms with E-state index in [0.29, 0.717) is 5.82 Å². The van der Waals surface area contributed by atoms with E-state index in [1.807, 2.05) is 17.5 Å². The van der Waals surface area contributed by atoms with Crippen LogP contribution in [-0.2, 0) is 11.3 Å². The molecule has 0 spiro atoms. The van der Waals surface area contributed by atoms with E-state index < -0.39 is 5.97 Å². The molecule has 3 rings (SSSR count). The molecule has 1 aromatic carbocycles. The number of phenols is 1. The Morgan fingerprint density at radius 3 is 3.00 bits per heavy atom. The fraction of sp³-hybridized carbons (Fsp3) is 0.0714. The van der Waals surface area contributed by atoms with E-state index in [9.17, 15) is 9.90 Å². The summed E-state index contributed by atoms with van der Waals surface area (Å²) in [7, 11) is 0. The Hall–Kier alpha value is -2.67. The highest BCUT2D eigenvalue weighted by atomic mass is 32.1. The zero-order valence-corrected chi connectivity index (χ0v) is 11.5. The Balaban J connectivity index is 1.64. The van der Waals surface area contributed by atoms with Crippen molar-refractivity contribution in [3.63, 3.8) is 0 Å². The molecule has 0 aliphatic heterocycles. The van der Waals surface area contributed by atoms with E-state index in [1.54, 1.807) is 12.1 Å². The van der Waals surface area contributed by atoms with E-state index in [0.717, 1.165) is 4.88 Å². The normalized spacial score (nSPS) is 10.5. The number of esters is 1. The van der Waals surface area contributed by atoms with Crippen LogP contribution in [0.25, 0.3) is 10.7 Å². The van der Waals surface area contributed by atoms with Crippen LogP contribution in [0.1, 0.15) is 16.2 Å². The number of benzene rings is 1. The van der Waals surface area contributed by atoms with Gasteiger partial charge in [0.1, 0.15) is 5.75 Å². The minimum atomic E-state index is -0.568. The first-order valence-corrected chi connectivity index (χ1v) is 6.93. The fourth-order valence-corrected chi connectivity index (χ4v) is 2.31. The van der Waals surface area contributed by atoms with Gasteiger partial charge >= 0.3 is 5.97 Å². The number of aromatic hydroxyl groups is 1. The van der Waals surface area contributed by atoms with Crippen molar-refractivity contribution in [2.45, 2.75) is 6.61 Å². The fourth-order valence-electron chi connectivity index (χ4n) is 1.66. The largest absolute Gasteiger partial charge is 0.508 e. The third-order valence-electron chi connectivity index (χ3n) is 2.62. The number of rotatable bonds is 4. The molecule has 6 nitrogen and oxygen atoms in total. The number of carbonyl (C=O) groups is 1. The lowest BCUT2D eigenvalue weighted by molar-refractivity contribution is 0.0429. The summed E-state index contributed by atoms with van der Waals surface area (Å²) in [6.45, 7) is -0.118. The quantitative estimate of drug-likeness (QED) is 0.746. The van der Waals surface area contributed by atoms with Gasteiger partial charge in [-0.15, -0.1) is 11.3 Å². The highest BCUT2D eigenvalue weighted by molar-refractivity contribution is 7.13. The minimum absolute atomic E-state index is 0.00206. The first kappa shape index (κ1) is 13.3. The molecular formula is C14H10N2O4S. The van der Waals surface area contributed by atoms with Gasteiger partial charge in [0.15, 0.2) is 6.61 Å². The van der Waals surface area contributed by atoms with Gasteiger partial charge < -0.3 is 14.4 Å². The maximum atomic E-state index is 11.8. The average molecular weight is 302 g/mol. The molecule has 0 saturated carbocycles. The molecule has 0 unspecified atom stereocenters. The molecule has 0 amide bonds. The molecule has 21 heavy (non-hydrogen) atoms. The van der Waals surface area contributed by atoms with Crippen molar-refractivity contribution in [3.05, 3.63) is 53.2 Å². The van der Waals surface area contributed by atoms with Crippen LogP contribution >= 0.6 is 11.3 Å². The molecule has 0 aliphatic rings. The van der Waals surface area contributed by atoms with Gasteiger partial charge in [-0.2, -0.15) is 4.98 Å². The van der Waals surface area contributed by atoms with Crippen molar-refractivity contribution in [2.75, 3.05) is 0 Å². The number of ether oxygens (including phenoxy) is 1. The maximum absolute atomic E-state index is 11.8. The molecule has 1 N–H and O–H groups in total. The van der Waals surface area contributed by atoms with Crippen molar-refractivity contribution in [3.8, 4) is 16.5 Å². The lowest BCUT2D eigenvalue weighted by Crippen LogP contribution is -2.05. The summed E-state index contributed by atoms with van der Waals surface area (Å²) in [4.78, 5) is 16.8. The molecule has 0 aliphatic carbocycles. The zero-order valence-electron chi connectivity index (χ0n) is 10.7. The summed E-state index contributed by atoms with van der Waals surface area (Å²) in [5.41, 5.74) is 0.257. The van der Waals surface area contributed by atoms with E-state index in [4.69, 9.17) is 9.26 Å². The first-order valence-electron chi connectivity index (χ1n) is 6.05. The second kappa shape index (κ2) is 5.76. The summed E-state index contributed by atoms with van der Waals surface area (Å²) in [6.07, 6.45) is 0. The molecule has 0 bridgehead atoms. The molecule has 0 atom stereocenters. The van der Waals surface area contributed by atoms with Gasteiger partial charge in [0.05, 0.1) is 10.4 Å². The van der Waals surface area contributed by atoms with Crippen LogP contribution in [-0.4, -0.2) is 21.2 Å². The van der Waals surface area contributed by atoms with E-state index in [-0.39, 0.29) is 23.8 Å². The number of nitrogens with zero attached hydrogens (tertiary/aromatic N) is 2. The van der Waals surface area contributed by atoms with Crippen molar-refractivity contribution in [2.24, 2.45) is 0 Å². The average Bonchev–Trinajstić information content (AvgIpc) is 3.15. The Bertz CT molecular complexity index is 752. The van der Waals surface area contributed by atoms with Gasteiger partial charge in [-0.1, -0.05) is 17.3 Å². The van der Waals surface area contributed by atoms with Crippen molar-refractivity contribution >= 4 is 17.3 Å². The highest BCUT2D eigenvalue weighted by Crippen LogP contribution is 2.21. The molecule has 2 aromatic heterocycles. The van der Waals surface area contributed by atoms with E-state index >= 15 is 0 Å². The first-order chi connectivity index (χ1) is 10.2. The van der Waals surface area contributed by atoms with Gasteiger partial charge in [0.2, 0.25) is 5.82 Å². The summed E-state index contributed by atoms with van der Waals surface area (Å²) in [6, 6.07) is 9.67. The number of carbonyl (C=O) groups excluding carboxylic acids is 1. The molecule has 7 heteroatoms. The monoisotopic (exact) mass is 302 g/mol. The number of phenolic OH excluding ortho intramolecular Hbond substituents is 1. The second-order valence-corrected chi connectivity index (χ2v) is 5.06. The number of thiophene rings is 1. The zero-order chi connectivity index (χ0) is 14.7. The van der Waals surface area contributed by atoms with Crippen LogP contribution in [0.5, 0.6) is 5.75 Å². The van der Waals surface area contributed by atoms with Gasteiger partial charge in [-0.25, -0.2) is 4.79 Å². The van der Waals surface area contributed by atoms with Crippen LogP contribution in [0.3, 0.4) is 0 Å². The van der Waals surface area contributed by atoms with Crippen LogP contribution < -0.4 is 0 Å². The molecule has 3 aromatic rings. The Kier molecular flexibility index (Phi) is 3.65.